The summed E-state index contributed by atoms with van der Waals surface area (Å²) < 4.78 is 1.03. The van der Waals surface area contributed by atoms with Crippen LogP contribution in [0.3, 0.4) is 0 Å². The summed E-state index contributed by atoms with van der Waals surface area (Å²) in [5.74, 6) is -0.195. The van der Waals surface area contributed by atoms with Crippen molar-refractivity contribution in [2.45, 2.75) is 32.2 Å². The summed E-state index contributed by atoms with van der Waals surface area (Å²) in [6, 6.07) is 5.84. The minimum atomic E-state index is -0.641. The Morgan fingerprint density at radius 1 is 1.35 bits per heavy atom. The largest absolute Gasteiger partial charge is 0.481 e. The van der Waals surface area contributed by atoms with Crippen LogP contribution < -0.4 is 5.32 Å². The fourth-order valence-electron chi connectivity index (χ4n) is 2.70. The zero-order valence-corrected chi connectivity index (χ0v) is 13.6. The summed E-state index contributed by atoms with van der Waals surface area (Å²) in [4.78, 5) is 10.9. The molecule has 2 rings (SSSR count). The number of carboxylic acid groups (broad SMARTS) is 1. The molecule has 5 heteroatoms. The smallest absolute Gasteiger partial charge is 0.306 e. The highest BCUT2D eigenvalue weighted by Crippen LogP contribution is 2.28. The van der Waals surface area contributed by atoms with Crippen molar-refractivity contribution in [2.24, 2.45) is 11.8 Å². The summed E-state index contributed by atoms with van der Waals surface area (Å²) in [6.45, 7) is 1.67. The maximum atomic E-state index is 10.9. The molecule has 1 aromatic rings. The molecule has 0 heterocycles. The number of nitrogens with one attached hydrogen (secondary N) is 1. The molecule has 0 spiro atoms. The molecule has 0 saturated heterocycles. The molecule has 0 aromatic heterocycles. The third-order valence-electron chi connectivity index (χ3n) is 3.95. The van der Waals surface area contributed by atoms with Crippen LogP contribution in [-0.2, 0) is 11.3 Å². The summed E-state index contributed by atoms with van der Waals surface area (Å²) in [5, 5.41) is 13.2. The molecule has 0 atom stereocenters. The second-order valence-electron chi connectivity index (χ2n) is 5.42. The number of aliphatic carboxylic acids is 1. The Bertz CT molecular complexity index is 473. The molecule has 20 heavy (non-hydrogen) atoms. The zero-order valence-electron chi connectivity index (χ0n) is 11.2. The Kier molecular flexibility index (Phi) is 5.87. The van der Waals surface area contributed by atoms with Crippen molar-refractivity contribution < 1.29 is 9.90 Å². The molecule has 2 N–H and O–H groups in total. The van der Waals surface area contributed by atoms with Crippen molar-refractivity contribution >= 4 is 33.5 Å². The first-order chi connectivity index (χ1) is 9.56. The number of hydrogen-bond acceptors (Lipinski definition) is 2. The van der Waals surface area contributed by atoms with Gasteiger partial charge in [0.05, 0.1) is 5.92 Å². The van der Waals surface area contributed by atoms with Gasteiger partial charge in [-0.15, -0.1) is 0 Å². The van der Waals surface area contributed by atoms with Gasteiger partial charge in [0.15, 0.2) is 0 Å². The van der Waals surface area contributed by atoms with Gasteiger partial charge in [-0.1, -0.05) is 27.5 Å². The van der Waals surface area contributed by atoms with Gasteiger partial charge in [-0.3, -0.25) is 4.79 Å². The summed E-state index contributed by atoms with van der Waals surface area (Å²) in [6.07, 6.45) is 3.60. The van der Waals surface area contributed by atoms with Gasteiger partial charge in [0.25, 0.3) is 0 Å². The second kappa shape index (κ2) is 7.43. The Hall–Kier alpha value is -0.580. The number of hydrogen-bond donors (Lipinski definition) is 2. The fourth-order valence-corrected chi connectivity index (χ4v) is 3.30. The molecule has 1 aromatic carbocycles. The molecule has 0 aliphatic heterocycles. The van der Waals surface area contributed by atoms with Crippen LogP contribution in [0.25, 0.3) is 0 Å². The van der Waals surface area contributed by atoms with E-state index in [0.29, 0.717) is 5.92 Å². The Labute approximate surface area is 132 Å². The normalized spacial score (nSPS) is 22.7. The van der Waals surface area contributed by atoms with Crippen LogP contribution in [-0.4, -0.2) is 17.6 Å². The van der Waals surface area contributed by atoms with Crippen LogP contribution >= 0.6 is 27.5 Å². The van der Waals surface area contributed by atoms with Gasteiger partial charge in [0.1, 0.15) is 0 Å². The van der Waals surface area contributed by atoms with Crippen molar-refractivity contribution in [1.82, 2.24) is 5.32 Å². The van der Waals surface area contributed by atoms with Gasteiger partial charge in [-0.05, 0) is 61.9 Å². The Balaban J connectivity index is 1.74. The molecule has 0 radical (unpaired) electrons. The van der Waals surface area contributed by atoms with Crippen molar-refractivity contribution in [1.29, 1.82) is 0 Å². The van der Waals surface area contributed by atoms with Crippen LogP contribution in [0.2, 0.25) is 5.02 Å². The van der Waals surface area contributed by atoms with E-state index in [1.807, 2.05) is 18.2 Å². The van der Waals surface area contributed by atoms with Gasteiger partial charge in [-0.25, -0.2) is 0 Å². The average molecular weight is 361 g/mol. The predicted octanol–water partition coefficient (Wildman–Crippen LogP) is 4.08. The lowest BCUT2D eigenvalue weighted by Crippen LogP contribution is -2.28. The Morgan fingerprint density at radius 3 is 2.70 bits per heavy atom. The fraction of sp³-hybridized carbons (Fsp3) is 0.533. The lowest BCUT2D eigenvalue weighted by molar-refractivity contribution is -0.143. The van der Waals surface area contributed by atoms with E-state index < -0.39 is 5.97 Å². The Morgan fingerprint density at radius 2 is 2.05 bits per heavy atom. The van der Waals surface area contributed by atoms with Crippen molar-refractivity contribution in [3.63, 3.8) is 0 Å². The second-order valence-corrected chi connectivity index (χ2v) is 6.75. The topological polar surface area (TPSA) is 49.3 Å². The number of carboxylic acids is 1. The van der Waals surface area contributed by atoms with E-state index >= 15 is 0 Å². The third kappa shape index (κ3) is 4.47. The van der Waals surface area contributed by atoms with E-state index in [-0.39, 0.29) is 5.92 Å². The van der Waals surface area contributed by atoms with E-state index in [0.717, 1.165) is 53.8 Å². The molecule has 1 saturated carbocycles. The maximum absolute atomic E-state index is 10.9. The van der Waals surface area contributed by atoms with Crippen molar-refractivity contribution in [3.05, 3.63) is 33.3 Å². The molecule has 0 bridgehead atoms. The summed E-state index contributed by atoms with van der Waals surface area (Å²) in [7, 11) is 0. The summed E-state index contributed by atoms with van der Waals surface area (Å²) in [5.41, 5.74) is 1.08. The van der Waals surface area contributed by atoms with Gasteiger partial charge in [0.2, 0.25) is 0 Å². The van der Waals surface area contributed by atoms with E-state index in [2.05, 4.69) is 21.2 Å². The van der Waals surface area contributed by atoms with Crippen molar-refractivity contribution in [2.75, 3.05) is 6.54 Å². The minimum absolute atomic E-state index is 0.134. The number of benzene rings is 1. The zero-order chi connectivity index (χ0) is 14.5. The first-order valence-electron chi connectivity index (χ1n) is 6.93. The highest BCUT2D eigenvalue weighted by Gasteiger charge is 2.25. The molecule has 110 valence electrons. The molecule has 1 fully saturated rings. The first-order valence-corrected chi connectivity index (χ1v) is 8.11. The quantitative estimate of drug-likeness (QED) is 0.831. The average Bonchev–Trinajstić information content (AvgIpc) is 2.43. The van der Waals surface area contributed by atoms with Crippen LogP contribution in [0, 0.1) is 11.8 Å². The molecule has 0 amide bonds. The highest BCUT2D eigenvalue weighted by atomic mass is 79.9. The van der Waals surface area contributed by atoms with Gasteiger partial charge in [-0.2, -0.15) is 0 Å². The molecular formula is C15H19BrClNO2. The van der Waals surface area contributed by atoms with Gasteiger partial charge in [0, 0.05) is 16.0 Å². The predicted molar refractivity (Wildman–Crippen MR) is 83.9 cm³/mol. The number of carbonyl (C=O) groups is 1. The summed E-state index contributed by atoms with van der Waals surface area (Å²) >= 11 is 9.59. The standard InChI is InChI=1S/C15H19BrClNO2/c16-13-5-6-14(17)12(7-13)9-18-8-10-1-3-11(4-2-10)15(19)20/h5-7,10-11,18H,1-4,8-9H2,(H,19,20). The number of halogens is 2. The van der Waals surface area contributed by atoms with Crippen LogP contribution in [0.4, 0.5) is 0 Å². The minimum Gasteiger partial charge on any atom is -0.481 e. The van der Waals surface area contributed by atoms with E-state index in [9.17, 15) is 4.79 Å². The van der Waals surface area contributed by atoms with Crippen molar-refractivity contribution in [3.8, 4) is 0 Å². The number of rotatable bonds is 5. The molecular weight excluding hydrogens is 342 g/mol. The first kappa shape index (κ1) is 15.8. The lowest BCUT2D eigenvalue weighted by atomic mass is 9.82. The lowest BCUT2D eigenvalue weighted by Gasteiger charge is -2.26. The van der Waals surface area contributed by atoms with E-state index in [4.69, 9.17) is 16.7 Å². The van der Waals surface area contributed by atoms with Crippen LogP contribution in [0.5, 0.6) is 0 Å². The molecule has 3 nitrogen and oxygen atoms in total. The van der Waals surface area contributed by atoms with Gasteiger partial charge < -0.3 is 10.4 Å². The molecule has 1 aliphatic carbocycles. The van der Waals surface area contributed by atoms with Gasteiger partial charge >= 0.3 is 5.97 Å². The van der Waals surface area contributed by atoms with E-state index in [1.54, 1.807) is 0 Å². The SMILES string of the molecule is O=C(O)C1CCC(CNCc2cc(Br)ccc2Cl)CC1. The van der Waals surface area contributed by atoms with Crippen LogP contribution in [0.15, 0.2) is 22.7 Å². The maximum Gasteiger partial charge on any atom is 0.306 e. The third-order valence-corrected chi connectivity index (χ3v) is 4.81. The van der Waals surface area contributed by atoms with E-state index in [1.165, 1.54) is 0 Å². The molecule has 1 aliphatic rings. The van der Waals surface area contributed by atoms with Crippen LogP contribution in [0.1, 0.15) is 31.2 Å². The monoisotopic (exact) mass is 359 g/mol. The molecule has 0 unspecified atom stereocenters. The highest BCUT2D eigenvalue weighted by molar-refractivity contribution is 9.10.